The standard InChI is InChI=1S/C25H28N4O3S/c1-32-13-12-29-22-15-19(9-10-23(22)33-25(29)31)18-7-5-17(6-8-18)14-20(16-26)28-24(30)21-4-2-3-11-27-21/h5-10,15,20-21,27H,2-4,11-14H2,1H3,(H,28,30)/t20-,21-/m0/s1. The number of thiazole rings is 1. The first-order valence-electron chi connectivity index (χ1n) is 11.2. The number of carbonyl (C=O) groups is 1. The van der Waals surface area contributed by atoms with Crippen molar-refractivity contribution in [3.8, 4) is 17.2 Å². The molecule has 1 aliphatic rings. The highest BCUT2D eigenvalue weighted by Crippen LogP contribution is 2.26. The second-order valence-electron chi connectivity index (χ2n) is 8.29. The number of nitrogens with zero attached hydrogens (tertiary/aromatic N) is 2. The lowest BCUT2D eigenvalue weighted by molar-refractivity contribution is -0.124. The van der Waals surface area contributed by atoms with Crippen LogP contribution in [0.1, 0.15) is 24.8 Å². The lowest BCUT2D eigenvalue weighted by atomic mass is 10.00. The van der Waals surface area contributed by atoms with Gasteiger partial charge >= 0.3 is 4.87 Å². The van der Waals surface area contributed by atoms with Gasteiger partial charge < -0.3 is 15.4 Å². The first-order valence-corrected chi connectivity index (χ1v) is 12.1. The molecule has 1 amide bonds. The Morgan fingerprint density at radius 3 is 2.76 bits per heavy atom. The number of ether oxygens (including phenoxy) is 1. The lowest BCUT2D eigenvalue weighted by Crippen LogP contribution is -2.49. The van der Waals surface area contributed by atoms with E-state index in [1.54, 1.807) is 11.7 Å². The van der Waals surface area contributed by atoms with Crippen LogP contribution in [-0.2, 0) is 22.5 Å². The third kappa shape index (κ3) is 5.50. The van der Waals surface area contributed by atoms with Gasteiger partial charge in [0.2, 0.25) is 5.91 Å². The Labute approximate surface area is 197 Å². The van der Waals surface area contributed by atoms with Crippen LogP contribution < -0.4 is 15.5 Å². The zero-order valence-electron chi connectivity index (χ0n) is 18.7. The van der Waals surface area contributed by atoms with E-state index >= 15 is 0 Å². The van der Waals surface area contributed by atoms with Crippen LogP contribution >= 0.6 is 11.3 Å². The first kappa shape index (κ1) is 23.2. The molecule has 3 aromatic rings. The molecule has 0 bridgehead atoms. The van der Waals surface area contributed by atoms with Crippen LogP contribution in [0.2, 0.25) is 0 Å². The number of benzene rings is 2. The Morgan fingerprint density at radius 2 is 2.06 bits per heavy atom. The molecule has 0 saturated carbocycles. The average molecular weight is 465 g/mol. The molecule has 0 unspecified atom stereocenters. The van der Waals surface area contributed by atoms with Gasteiger partial charge in [-0.15, -0.1) is 0 Å². The highest BCUT2D eigenvalue weighted by Gasteiger charge is 2.23. The molecular formula is C25H28N4O3S. The zero-order chi connectivity index (χ0) is 23.2. The number of hydrogen-bond donors (Lipinski definition) is 2. The number of piperidine rings is 1. The first-order chi connectivity index (χ1) is 16.1. The number of methoxy groups -OCH3 is 1. The molecule has 1 saturated heterocycles. The Balaban J connectivity index is 1.46. The third-order valence-corrected chi connectivity index (χ3v) is 6.97. The molecule has 0 aliphatic carbocycles. The summed E-state index contributed by atoms with van der Waals surface area (Å²) in [6.07, 6.45) is 3.38. The maximum Gasteiger partial charge on any atom is 0.308 e. The summed E-state index contributed by atoms with van der Waals surface area (Å²) in [5.41, 5.74) is 3.94. The van der Waals surface area contributed by atoms with Crippen LogP contribution in [0.15, 0.2) is 47.3 Å². The maximum atomic E-state index is 12.4. The topological polar surface area (TPSA) is 96.2 Å². The molecule has 2 atom stereocenters. The fourth-order valence-electron chi connectivity index (χ4n) is 4.18. The molecule has 0 spiro atoms. The van der Waals surface area contributed by atoms with Crippen molar-refractivity contribution in [1.82, 2.24) is 15.2 Å². The van der Waals surface area contributed by atoms with Crippen molar-refractivity contribution in [3.63, 3.8) is 0 Å². The van der Waals surface area contributed by atoms with E-state index in [4.69, 9.17) is 4.74 Å². The van der Waals surface area contributed by atoms with Gasteiger partial charge in [0.1, 0.15) is 6.04 Å². The van der Waals surface area contributed by atoms with Gasteiger partial charge in [0.25, 0.3) is 0 Å². The largest absolute Gasteiger partial charge is 0.383 e. The number of carbonyl (C=O) groups excluding carboxylic acids is 1. The van der Waals surface area contributed by atoms with Crippen LogP contribution in [0.25, 0.3) is 21.3 Å². The Hall–Kier alpha value is -2.99. The lowest BCUT2D eigenvalue weighted by Gasteiger charge is -2.23. The Kier molecular flexibility index (Phi) is 7.55. The molecule has 1 fully saturated rings. The molecule has 1 aromatic heterocycles. The highest BCUT2D eigenvalue weighted by molar-refractivity contribution is 7.16. The number of hydrogen-bond acceptors (Lipinski definition) is 6. The minimum Gasteiger partial charge on any atom is -0.383 e. The van der Waals surface area contributed by atoms with E-state index in [1.807, 2.05) is 42.5 Å². The molecule has 8 heteroatoms. The molecule has 2 aromatic carbocycles. The number of fused-ring (bicyclic) bond motifs is 1. The van der Waals surface area contributed by atoms with Gasteiger partial charge in [0, 0.05) is 13.5 Å². The summed E-state index contributed by atoms with van der Waals surface area (Å²) >= 11 is 1.24. The predicted octanol–water partition coefficient (Wildman–Crippen LogP) is 3.07. The van der Waals surface area contributed by atoms with Crippen molar-refractivity contribution in [2.45, 2.75) is 44.3 Å². The molecule has 7 nitrogen and oxygen atoms in total. The summed E-state index contributed by atoms with van der Waals surface area (Å²) in [5.74, 6) is -0.0959. The van der Waals surface area contributed by atoms with Crippen molar-refractivity contribution in [1.29, 1.82) is 5.26 Å². The molecule has 172 valence electrons. The quantitative estimate of drug-likeness (QED) is 0.534. The average Bonchev–Trinajstić information content (AvgIpc) is 3.17. The van der Waals surface area contributed by atoms with E-state index in [1.165, 1.54) is 11.3 Å². The van der Waals surface area contributed by atoms with Crippen LogP contribution in [0.4, 0.5) is 0 Å². The maximum absolute atomic E-state index is 12.4. The fraction of sp³-hybridized carbons (Fsp3) is 0.400. The minimum atomic E-state index is -0.565. The molecule has 2 heterocycles. The predicted molar refractivity (Wildman–Crippen MR) is 130 cm³/mol. The van der Waals surface area contributed by atoms with Gasteiger partial charge in [0.05, 0.1) is 35.5 Å². The minimum absolute atomic E-state index is 0.0163. The summed E-state index contributed by atoms with van der Waals surface area (Å²) in [6.45, 7) is 1.85. The molecule has 4 rings (SSSR count). The van der Waals surface area contributed by atoms with Gasteiger partial charge in [-0.2, -0.15) is 5.26 Å². The van der Waals surface area contributed by atoms with Crippen molar-refractivity contribution in [2.24, 2.45) is 0 Å². The van der Waals surface area contributed by atoms with Crippen molar-refractivity contribution in [3.05, 3.63) is 57.7 Å². The van der Waals surface area contributed by atoms with Crippen LogP contribution in [0.5, 0.6) is 0 Å². The van der Waals surface area contributed by atoms with Crippen molar-refractivity contribution >= 4 is 27.5 Å². The third-order valence-electron chi connectivity index (χ3n) is 6.01. The summed E-state index contributed by atoms with van der Waals surface area (Å²) in [7, 11) is 1.63. The zero-order valence-corrected chi connectivity index (χ0v) is 19.5. The van der Waals surface area contributed by atoms with Gasteiger partial charge in [-0.05, 0) is 48.2 Å². The van der Waals surface area contributed by atoms with Crippen molar-refractivity contribution in [2.75, 3.05) is 20.3 Å². The van der Waals surface area contributed by atoms with E-state index in [2.05, 4.69) is 16.7 Å². The Morgan fingerprint density at radius 1 is 1.27 bits per heavy atom. The molecule has 2 N–H and O–H groups in total. The number of aromatic nitrogens is 1. The SMILES string of the molecule is COCCn1c(=O)sc2ccc(-c3ccc(C[C@@H](C#N)NC(=O)[C@@H]4CCCCN4)cc3)cc21. The summed E-state index contributed by atoms with van der Waals surface area (Å²) in [4.78, 5) is 24.8. The number of nitrogens with one attached hydrogen (secondary N) is 2. The summed E-state index contributed by atoms with van der Waals surface area (Å²) < 4.78 is 7.85. The van der Waals surface area contributed by atoms with E-state index in [9.17, 15) is 14.9 Å². The molecule has 1 aliphatic heterocycles. The van der Waals surface area contributed by atoms with Crippen LogP contribution in [-0.4, -0.2) is 42.8 Å². The monoisotopic (exact) mass is 464 g/mol. The smallest absolute Gasteiger partial charge is 0.308 e. The number of nitriles is 1. The van der Waals surface area contributed by atoms with Crippen molar-refractivity contribution < 1.29 is 9.53 Å². The second kappa shape index (κ2) is 10.8. The highest BCUT2D eigenvalue weighted by atomic mass is 32.1. The number of rotatable bonds is 8. The van der Waals surface area contributed by atoms with Gasteiger partial charge in [-0.25, -0.2) is 0 Å². The Bertz CT molecular complexity index is 1200. The molecule has 0 radical (unpaired) electrons. The van der Waals surface area contributed by atoms with Crippen LogP contribution in [0.3, 0.4) is 0 Å². The van der Waals surface area contributed by atoms with Gasteiger partial charge in [-0.3, -0.25) is 14.2 Å². The van der Waals surface area contributed by atoms with E-state index in [-0.39, 0.29) is 16.8 Å². The van der Waals surface area contributed by atoms with E-state index in [0.29, 0.717) is 19.6 Å². The number of amides is 1. The van der Waals surface area contributed by atoms with Gasteiger partial charge in [-0.1, -0.05) is 48.1 Å². The normalized spacial score (nSPS) is 16.9. The molecule has 33 heavy (non-hydrogen) atoms. The van der Waals surface area contributed by atoms with E-state index in [0.717, 1.165) is 52.7 Å². The van der Waals surface area contributed by atoms with E-state index < -0.39 is 6.04 Å². The fourth-order valence-corrected chi connectivity index (χ4v) is 5.08. The second-order valence-corrected chi connectivity index (χ2v) is 9.28. The summed E-state index contributed by atoms with van der Waals surface area (Å²) in [6, 6.07) is 15.5. The summed E-state index contributed by atoms with van der Waals surface area (Å²) in [5, 5.41) is 15.6. The molecular weight excluding hydrogens is 436 g/mol. The van der Waals surface area contributed by atoms with Gasteiger partial charge in [0.15, 0.2) is 0 Å². The van der Waals surface area contributed by atoms with Crippen LogP contribution in [0, 0.1) is 11.3 Å².